The van der Waals surface area contributed by atoms with E-state index in [2.05, 4.69) is 21.2 Å². The van der Waals surface area contributed by atoms with E-state index in [4.69, 9.17) is 17.0 Å². The third kappa shape index (κ3) is 2.80. The molecule has 7 heteroatoms. The first-order valence-electron chi connectivity index (χ1n) is 8.68. The van der Waals surface area contributed by atoms with Gasteiger partial charge in [0.05, 0.1) is 6.04 Å². The summed E-state index contributed by atoms with van der Waals surface area (Å²) in [6.45, 7) is 1.94. The number of thiocarbonyl (C=S) groups is 1. The van der Waals surface area contributed by atoms with Gasteiger partial charge >= 0.3 is 0 Å². The fourth-order valence-electron chi connectivity index (χ4n) is 3.96. The minimum atomic E-state index is -0.948. The Morgan fingerprint density at radius 3 is 2.56 bits per heavy atom. The smallest absolute Gasteiger partial charge is 0.233 e. The van der Waals surface area contributed by atoms with Crippen LogP contribution < -0.4 is 15.0 Å². The van der Waals surface area contributed by atoms with Gasteiger partial charge in [0, 0.05) is 29.8 Å². The van der Waals surface area contributed by atoms with Crippen molar-refractivity contribution in [1.82, 2.24) is 10.2 Å². The summed E-state index contributed by atoms with van der Waals surface area (Å²) in [5.41, 5.74) is 0.872. The molecule has 0 unspecified atom stereocenters. The summed E-state index contributed by atoms with van der Waals surface area (Å²) in [5, 5.41) is 3.94. The highest BCUT2D eigenvalue weighted by atomic mass is 79.9. The Morgan fingerprint density at radius 1 is 1.22 bits per heavy atom. The van der Waals surface area contributed by atoms with E-state index in [9.17, 15) is 4.79 Å². The quantitative estimate of drug-likeness (QED) is 0.713. The molecule has 3 atom stereocenters. The zero-order valence-corrected chi connectivity index (χ0v) is 17.7. The van der Waals surface area contributed by atoms with Gasteiger partial charge in [0.25, 0.3) is 0 Å². The Morgan fingerprint density at radius 2 is 1.89 bits per heavy atom. The Labute approximate surface area is 172 Å². The van der Waals surface area contributed by atoms with E-state index < -0.39 is 11.6 Å². The lowest BCUT2D eigenvalue weighted by Crippen LogP contribution is -2.72. The molecule has 1 N–H and O–H groups in total. The third-order valence-electron chi connectivity index (χ3n) is 5.20. The second kappa shape index (κ2) is 6.49. The van der Waals surface area contributed by atoms with Crippen molar-refractivity contribution in [2.24, 2.45) is 5.92 Å². The van der Waals surface area contributed by atoms with E-state index in [1.165, 1.54) is 0 Å². The van der Waals surface area contributed by atoms with Crippen molar-refractivity contribution in [3.63, 3.8) is 0 Å². The Balaban J connectivity index is 1.90. The molecule has 4 rings (SSSR count). The lowest BCUT2D eigenvalue weighted by molar-refractivity contribution is -0.144. The number of para-hydroxylation sites is 1. The second-order valence-electron chi connectivity index (χ2n) is 7.14. The van der Waals surface area contributed by atoms with Crippen LogP contribution in [0.3, 0.4) is 0 Å². The summed E-state index contributed by atoms with van der Waals surface area (Å²) in [4.78, 5) is 16.7. The summed E-state index contributed by atoms with van der Waals surface area (Å²) in [6.07, 6.45) is 0. The normalized spacial score (nSPS) is 25.9. The van der Waals surface area contributed by atoms with Gasteiger partial charge in [0.2, 0.25) is 5.91 Å². The molecule has 0 spiro atoms. The van der Waals surface area contributed by atoms with Crippen molar-refractivity contribution in [3.8, 4) is 5.75 Å². The monoisotopic (exact) mass is 445 g/mol. The van der Waals surface area contributed by atoms with Crippen LogP contribution >= 0.6 is 28.1 Å². The van der Waals surface area contributed by atoms with Crippen LogP contribution in [0, 0.1) is 5.92 Å². The molecule has 5 nitrogen and oxygen atoms in total. The number of hydrogen-bond donors (Lipinski definition) is 1. The van der Waals surface area contributed by atoms with E-state index in [-0.39, 0.29) is 11.9 Å². The van der Waals surface area contributed by atoms with Gasteiger partial charge in [0.1, 0.15) is 11.7 Å². The molecule has 2 aromatic carbocycles. The molecule has 1 amide bonds. The van der Waals surface area contributed by atoms with Gasteiger partial charge in [-0.3, -0.25) is 9.69 Å². The zero-order valence-electron chi connectivity index (χ0n) is 15.3. The topological polar surface area (TPSA) is 44.8 Å². The van der Waals surface area contributed by atoms with Crippen LogP contribution in [0.1, 0.15) is 18.5 Å². The average molecular weight is 446 g/mol. The SMILES string of the molecule is CN(C)C(=O)[C@H]1[C@H]2NC(=S)N(c3ccc(Br)cc3)[C@@]1(C)Oc1ccccc12. The molecule has 0 radical (unpaired) electrons. The van der Waals surface area contributed by atoms with Crippen molar-refractivity contribution >= 4 is 44.9 Å². The van der Waals surface area contributed by atoms with E-state index in [1.54, 1.807) is 19.0 Å². The second-order valence-corrected chi connectivity index (χ2v) is 8.45. The van der Waals surface area contributed by atoms with Crippen molar-refractivity contribution in [1.29, 1.82) is 0 Å². The molecule has 2 aliphatic rings. The number of nitrogens with one attached hydrogen (secondary N) is 1. The maximum atomic E-state index is 13.2. The number of carbonyl (C=O) groups excluding carboxylic acids is 1. The number of hydrogen-bond acceptors (Lipinski definition) is 3. The fourth-order valence-corrected chi connectivity index (χ4v) is 4.64. The summed E-state index contributed by atoms with van der Waals surface area (Å²) in [5.74, 6) is 0.303. The molecule has 0 aromatic heterocycles. The van der Waals surface area contributed by atoms with Gasteiger partial charge in [-0.1, -0.05) is 34.1 Å². The van der Waals surface area contributed by atoms with Crippen LogP contribution in [-0.2, 0) is 4.79 Å². The third-order valence-corrected chi connectivity index (χ3v) is 6.03. The van der Waals surface area contributed by atoms with Crippen molar-refractivity contribution in [2.45, 2.75) is 18.7 Å². The summed E-state index contributed by atoms with van der Waals surface area (Å²) in [7, 11) is 3.54. The van der Waals surface area contributed by atoms with Crippen molar-refractivity contribution in [3.05, 3.63) is 58.6 Å². The number of rotatable bonds is 2. The molecular formula is C20H20BrN3O2S. The van der Waals surface area contributed by atoms with E-state index >= 15 is 0 Å². The number of ether oxygens (including phenoxy) is 1. The number of fused-ring (bicyclic) bond motifs is 4. The number of carbonyl (C=O) groups is 1. The predicted molar refractivity (Wildman–Crippen MR) is 113 cm³/mol. The van der Waals surface area contributed by atoms with Crippen LogP contribution in [0.2, 0.25) is 0 Å². The molecule has 0 aliphatic carbocycles. The maximum absolute atomic E-state index is 13.2. The minimum absolute atomic E-state index is 0.00545. The van der Waals surface area contributed by atoms with Gasteiger partial charge in [0.15, 0.2) is 10.8 Å². The summed E-state index contributed by atoms with van der Waals surface area (Å²) in [6, 6.07) is 15.4. The van der Waals surface area contributed by atoms with E-state index in [0.29, 0.717) is 5.11 Å². The largest absolute Gasteiger partial charge is 0.467 e. The molecule has 2 heterocycles. The van der Waals surface area contributed by atoms with Crippen molar-refractivity contribution < 1.29 is 9.53 Å². The van der Waals surface area contributed by atoms with E-state index in [1.807, 2.05) is 60.4 Å². The summed E-state index contributed by atoms with van der Waals surface area (Å²) >= 11 is 9.17. The predicted octanol–water partition coefficient (Wildman–Crippen LogP) is 3.70. The van der Waals surface area contributed by atoms with Gasteiger partial charge < -0.3 is 15.0 Å². The highest BCUT2D eigenvalue weighted by Crippen LogP contribution is 2.49. The number of amides is 1. The number of anilines is 1. The lowest BCUT2D eigenvalue weighted by Gasteiger charge is -2.56. The highest BCUT2D eigenvalue weighted by Gasteiger charge is 2.59. The van der Waals surface area contributed by atoms with Gasteiger partial charge in [-0.25, -0.2) is 0 Å². The zero-order chi connectivity index (χ0) is 19.3. The molecule has 2 bridgehead atoms. The summed E-state index contributed by atoms with van der Waals surface area (Å²) < 4.78 is 7.45. The standard InChI is InChI=1S/C20H20BrN3O2S/c1-20-16(18(25)23(2)3)17(14-6-4-5-7-15(14)26-20)22-19(27)24(20)13-10-8-12(21)9-11-13/h4-11,16-17H,1-3H3,(H,22,27)/t16-,17+,20+/m1/s1. The first kappa shape index (κ1) is 18.3. The molecule has 140 valence electrons. The van der Waals surface area contributed by atoms with Gasteiger partial charge in [-0.15, -0.1) is 0 Å². The van der Waals surface area contributed by atoms with Crippen molar-refractivity contribution in [2.75, 3.05) is 19.0 Å². The number of nitrogens with zero attached hydrogens (tertiary/aromatic N) is 2. The van der Waals surface area contributed by atoms with Gasteiger partial charge in [-0.05, 0) is 49.5 Å². The first-order valence-corrected chi connectivity index (χ1v) is 9.88. The molecular weight excluding hydrogens is 426 g/mol. The molecule has 2 aliphatic heterocycles. The molecule has 27 heavy (non-hydrogen) atoms. The van der Waals surface area contributed by atoms with Gasteiger partial charge in [-0.2, -0.15) is 0 Å². The van der Waals surface area contributed by atoms with Crippen LogP contribution in [-0.4, -0.2) is 35.7 Å². The lowest BCUT2D eigenvalue weighted by atomic mass is 9.78. The fraction of sp³-hybridized carbons (Fsp3) is 0.300. The van der Waals surface area contributed by atoms with Crippen LogP contribution in [0.15, 0.2) is 53.0 Å². The van der Waals surface area contributed by atoms with Crippen LogP contribution in [0.25, 0.3) is 0 Å². The Bertz CT molecular complexity index is 918. The molecule has 1 fully saturated rings. The highest BCUT2D eigenvalue weighted by molar-refractivity contribution is 9.10. The molecule has 0 saturated carbocycles. The molecule has 2 aromatic rings. The average Bonchev–Trinajstić information content (AvgIpc) is 2.62. The number of halogens is 1. The van der Waals surface area contributed by atoms with E-state index in [0.717, 1.165) is 21.5 Å². The maximum Gasteiger partial charge on any atom is 0.233 e. The van der Waals surface area contributed by atoms with Crippen LogP contribution in [0.4, 0.5) is 5.69 Å². The Hall–Kier alpha value is -2.12. The first-order chi connectivity index (χ1) is 12.8. The Kier molecular flexibility index (Phi) is 4.39. The molecule has 1 saturated heterocycles. The minimum Gasteiger partial charge on any atom is -0.467 e. The number of benzene rings is 2. The van der Waals surface area contributed by atoms with Crippen LogP contribution in [0.5, 0.6) is 5.75 Å².